The van der Waals surface area contributed by atoms with Gasteiger partial charge in [0, 0.05) is 28.4 Å². The maximum absolute atomic E-state index is 12.6. The summed E-state index contributed by atoms with van der Waals surface area (Å²) in [5, 5.41) is 11.1. The van der Waals surface area contributed by atoms with Crippen LogP contribution in [0, 0.1) is 0 Å². The summed E-state index contributed by atoms with van der Waals surface area (Å²) in [4.78, 5) is 26.6. The molecule has 1 heterocycles. The third kappa shape index (κ3) is 2.25. The molecule has 114 valence electrons. The van der Waals surface area contributed by atoms with Gasteiger partial charge in [0.15, 0.2) is 0 Å². The number of benzene rings is 2. The van der Waals surface area contributed by atoms with Gasteiger partial charge in [-0.25, -0.2) is 0 Å². The first kappa shape index (κ1) is 14.6. The summed E-state index contributed by atoms with van der Waals surface area (Å²) in [5.41, 5.74) is 0.997. The molecule has 4 nitrogen and oxygen atoms in total. The molecule has 0 aliphatic carbocycles. The number of nitrogens with zero attached hydrogens (tertiary/aromatic N) is 1. The quantitative estimate of drug-likeness (QED) is 0.676. The summed E-state index contributed by atoms with van der Waals surface area (Å²) in [7, 11) is 0. The Morgan fingerprint density at radius 3 is 2.41 bits per heavy atom. The molecule has 0 saturated carbocycles. The fourth-order valence-electron chi connectivity index (χ4n) is 3.03. The van der Waals surface area contributed by atoms with Crippen LogP contribution in [0.2, 0.25) is 0 Å². The summed E-state index contributed by atoms with van der Waals surface area (Å²) in [6.45, 7) is 2.58. The minimum Gasteiger partial charge on any atom is -0.507 e. The Balaban J connectivity index is 2.00. The fraction of sp³-hybridized carbons (Fsp3) is 0.333. The zero-order valence-electron chi connectivity index (χ0n) is 12.6. The van der Waals surface area contributed by atoms with Crippen molar-refractivity contribution in [2.24, 2.45) is 0 Å². The first-order chi connectivity index (χ1) is 10.6. The number of hydrogen-bond acceptors (Lipinski definition) is 3. The summed E-state index contributed by atoms with van der Waals surface area (Å²) < 4.78 is 0. The van der Waals surface area contributed by atoms with Gasteiger partial charge in [-0.1, -0.05) is 38.3 Å². The lowest BCUT2D eigenvalue weighted by molar-refractivity contribution is 0.0608. The molecule has 0 atom stereocenters. The first-order valence-corrected chi connectivity index (χ1v) is 7.76. The van der Waals surface area contributed by atoms with Crippen LogP contribution in [0.4, 0.5) is 0 Å². The average molecular weight is 297 g/mol. The third-order valence-electron chi connectivity index (χ3n) is 4.20. The Morgan fingerprint density at radius 1 is 0.955 bits per heavy atom. The van der Waals surface area contributed by atoms with Crippen molar-refractivity contribution in [1.82, 2.24) is 4.90 Å². The fourth-order valence-corrected chi connectivity index (χ4v) is 3.03. The van der Waals surface area contributed by atoms with Crippen LogP contribution >= 0.6 is 0 Å². The Bertz CT molecular complexity index is 729. The maximum Gasteiger partial charge on any atom is 0.261 e. The van der Waals surface area contributed by atoms with Gasteiger partial charge in [0.25, 0.3) is 11.8 Å². The molecule has 22 heavy (non-hydrogen) atoms. The van der Waals surface area contributed by atoms with Gasteiger partial charge in [-0.15, -0.1) is 0 Å². The third-order valence-corrected chi connectivity index (χ3v) is 4.20. The standard InChI is InChI=1S/C18H19NO3/c1-2-3-4-5-11-19-17(21)13-8-6-7-12-15(20)10-9-14(16(12)13)18(19)22/h6-10,20H,2-5,11H2,1H3. The number of carbonyl (C=O) groups excluding carboxylic acids is 2. The van der Waals surface area contributed by atoms with E-state index in [0.29, 0.717) is 28.4 Å². The minimum atomic E-state index is -0.259. The van der Waals surface area contributed by atoms with Crippen molar-refractivity contribution in [3.05, 3.63) is 41.5 Å². The molecule has 1 aliphatic heterocycles. The number of hydrogen-bond donors (Lipinski definition) is 1. The lowest BCUT2D eigenvalue weighted by Crippen LogP contribution is -2.40. The lowest BCUT2D eigenvalue weighted by atomic mass is 9.93. The Hall–Kier alpha value is -2.36. The average Bonchev–Trinajstić information content (AvgIpc) is 2.53. The number of rotatable bonds is 5. The van der Waals surface area contributed by atoms with Crippen LogP contribution in [0.15, 0.2) is 30.3 Å². The van der Waals surface area contributed by atoms with Gasteiger partial charge in [0.05, 0.1) is 0 Å². The highest BCUT2D eigenvalue weighted by Crippen LogP contribution is 2.34. The zero-order valence-corrected chi connectivity index (χ0v) is 12.6. The highest BCUT2D eigenvalue weighted by Gasteiger charge is 2.32. The molecule has 0 aromatic heterocycles. The van der Waals surface area contributed by atoms with E-state index in [4.69, 9.17) is 0 Å². The molecule has 0 spiro atoms. The molecule has 2 amide bonds. The lowest BCUT2D eigenvalue weighted by Gasteiger charge is -2.27. The molecule has 2 aromatic carbocycles. The molecule has 0 bridgehead atoms. The summed E-state index contributed by atoms with van der Waals surface area (Å²) >= 11 is 0. The minimum absolute atomic E-state index is 0.0950. The molecule has 0 saturated heterocycles. The molecule has 2 aromatic rings. The van der Waals surface area contributed by atoms with Gasteiger partial charge >= 0.3 is 0 Å². The van der Waals surface area contributed by atoms with Gasteiger partial charge in [-0.2, -0.15) is 0 Å². The normalized spacial score (nSPS) is 14.0. The molecule has 0 radical (unpaired) electrons. The Morgan fingerprint density at radius 2 is 1.68 bits per heavy atom. The second-order valence-electron chi connectivity index (χ2n) is 5.68. The predicted molar refractivity (Wildman–Crippen MR) is 85.1 cm³/mol. The van der Waals surface area contributed by atoms with E-state index in [9.17, 15) is 14.7 Å². The number of unbranched alkanes of at least 4 members (excludes halogenated alkanes) is 3. The van der Waals surface area contributed by atoms with Gasteiger partial charge in [0.1, 0.15) is 5.75 Å². The first-order valence-electron chi connectivity index (χ1n) is 7.76. The van der Waals surface area contributed by atoms with E-state index in [1.165, 1.54) is 11.0 Å². The van der Waals surface area contributed by atoms with Crippen LogP contribution in [-0.4, -0.2) is 28.4 Å². The van der Waals surface area contributed by atoms with Crippen molar-refractivity contribution < 1.29 is 14.7 Å². The number of amides is 2. The van der Waals surface area contributed by atoms with Crippen molar-refractivity contribution in [2.75, 3.05) is 6.54 Å². The zero-order chi connectivity index (χ0) is 15.7. The number of carbonyl (C=O) groups is 2. The van der Waals surface area contributed by atoms with E-state index >= 15 is 0 Å². The smallest absolute Gasteiger partial charge is 0.261 e. The SMILES string of the molecule is CCCCCCN1C(=O)c2cccc3c(O)ccc(c23)C1=O. The van der Waals surface area contributed by atoms with Crippen LogP contribution in [0.1, 0.15) is 53.3 Å². The molecular formula is C18H19NO3. The molecule has 1 aliphatic rings. The van der Waals surface area contributed by atoms with Gasteiger partial charge < -0.3 is 5.11 Å². The van der Waals surface area contributed by atoms with Crippen LogP contribution in [-0.2, 0) is 0 Å². The van der Waals surface area contributed by atoms with Crippen LogP contribution in [0.5, 0.6) is 5.75 Å². The monoisotopic (exact) mass is 297 g/mol. The van der Waals surface area contributed by atoms with Crippen molar-refractivity contribution in [2.45, 2.75) is 32.6 Å². The van der Waals surface area contributed by atoms with Crippen molar-refractivity contribution in [1.29, 1.82) is 0 Å². The maximum atomic E-state index is 12.6. The summed E-state index contributed by atoms with van der Waals surface area (Å²) in [6, 6.07) is 8.32. The Labute approximate surface area is 129 Å². The Kier molecular flexibility index (Phi) is 3.84. The number of imide groups is 1. The molecule has 0 fully saturated rings. The molecular weight excluding hydrogens is 278 g/mol. The van der Waals surface area contributed by atoms with Crippen LogP contribution < -0.4 is 0 Å². The van der Waals surface area contributed by atoms with Crippen LogP contribution in [0.25, 0.3) is 10.8 Å². The summed E-state index contributed by atoms with van der Waals surface area (Å²) in [6.07, 6.45) is 4.06. The van der Waals surface area contributed by atoms with Crippen LogP contribution in [0.3, 0.4) is 0 Å². The van der Waals surface area contributed by atoms with E-state index < -0.39 is 0 Å². The van der Waals surface area contributed by atoms with E-state index in [1.807, 2.05) is 0 Å². The van der Waals surface area contributed by atoms with E-state index in [0.717, 1.165) is 25.7 Å². The van der Waals surface area contributed by atoms with Crippen molar-refractivity contribution in [3.8, 4) is 5.75 Å². The molecule has 4 heteroatoms. The van der Waals surface area contributed by atoms with E-state index in [-0.39, 0.29) is 17.6 Å². The van der Waals surface area contributed by atoms with Gasteiger partial charge in [0.2, 0.25) is 0 Å². The van der Waals surface area contributed by atoms with Crippen molar-refractivity contribution >= 4 is 22.6 Å². The second kappa shape index (κ2) is 5.79. The van der Waals surface area contributed by atoms with E-state index in [2.05, 4.69) is 6.92 Å². The van der Waals surface area contributed by atoms with Gasteiger partial charge in [-0.05, 0) is 24.6 Å². The van der Waals surface area contributed by atoms with Crippen molar-refractivity contribution in [3.63, 3.8) is 0 Å². The largest absolute Gasteiger partial charge is 0.507 e. The van der Waals surface area contributed by atoms with E-state index in [1.54, 1.807) is 24.3 Å². The summed E-state index contributed by atoms with van der Waals surface area (Å²) in [5.74, 6) is -0.423. The van der Waals surface area contributed by atoms with Gasteiger partial charge in [-0.3, -0.25) is 14.5 Å². The molecule has 0 unspecified atom stereocenters. The topological polar surface area (TPSA) is 57.6 Å². The second-order valence-corrected chi connectivity index (χ2v) is 5.68. The molecule has 1 N–H and O–H groups in total. The number of phenols is 1. The predicted octanol–water partition coefficient (Wildman–Crippen LogP) is 3.72. The molecule has 3 rings (SSSR count). The number of phenolic OH excluding ortho intramolecular Hbond substituents is 1. The highest BCUT2D eigenvalue weighted by molar-refractivity contribution is 6.26. The highest BCUT2D eigenvalue weighted by atomic mass is 16.3. The number of aromatic hydroxyl groups is 1.